The van der Waals surface area contributed by atoms with Gasteiger partial charge in [0, 0.05) is 24.7 Å². The number of amides is 1. The first-order chi connectivity index (χ1) is 11.4. The average Bonchev–Trinajstić information content (AvgIpc) is 2.53. The van der Waals surface area contributed by atoms with Crippen molar-refractivity contribution in [2.45, 2.75) is 25.3 Å². The molecule has 1 heterocycles. The number of hydrogen-bond donors (Lipinski definition) is 2. The maximum Gasteiger partial charge on any atom is 0.317 e. The van der Waals surface area contributed by atoms with Crippen molar-refractivity contribution in [2.75, 3.05) is 38.5 Å². The fraction of sp³-hybridized carbons (Fsp3) is 0.529. The van der Waals surface area contributed by atoms with Crippen molar-refractivity contribution in [3.63, 3.8) is 0 Å². The topological polar surface area (TPSA) is 72.9 Å². The van der Waals surface area contributed by atoms with Gasteiger partial charge in [-0.25, -0.2) is 4.39 Å². The fourth-order valence-electron chi connectivity index (χ4n) is 2.98. The molecule has 1 amide bonds. The van der Waals surface area contributed by atoms with Gasteiger partial charge in [0.1, 0.15) is 5.82 Å². The summed E-state index contributed by atoms with van der Waals surface area (Å²) in [7, 11) is 1.83. The molecule has 1 aliphatic heterocycles. The molecule has 0 aliphatic carbocycles. The number of aliphatic carboxylic acids is 1. The molecule has 1 aromatic carbocycles. The molecule has 1 aliphatic rings. The smallest absolute Gasteiger partial charge is 0.317 e. The summed E-state index contributed by atoms with van der Waals surface area (Å²) in [6, 6.07) is 6.12. The predicted molar refractivity (Wildman–Crippen MR) is 96.6 cm³/mol. The molecule has 25 heavy (non-hydrogen) atoms. The number of benzene rings is 1. The Kier molecular flexibility index (Phi) is 8.82. The van der Waals surface area contributed by atoms with E-state index >= 15 is 0 Å². The van der Waals surface area contributed by atoms with Gasteiger partial charge in [0.25, 0.3) is 0 Å². The number of likely N-dealkylation sites (tertiary alicyclic amines) is 1. The Labute approximate surface area is 153 Å². The number of piperidine rings is 1. The second kappa shape index (κ2) is 10.3. The molecule has 0 bridgehead atoms. The van der Waals surface area contributed by atoms with Gasteiger partial charge < -0.3 is 15.3 Å². The van der Waals surface area contributed by atoms with E-state index in [-0.39, 0.29) is 36.7 Å². The van der Waals surface area contributed by atoms with E-state index in [2.05, 4.69) is 10.2 Å². The third-order valence-corrected chi connectivity index (χ3v) is 4.33. The van der Waals surface area contributed by atoms with Crippen LogP contribution < -0.4 is 5.32 Å². The molecule has 140 valence electrons. The van der Waals surface area contributed by atoms with E-state index in [0.29, 0.717) is 18.7 Å². The first-order valence-corrected chi connectivity index (χ1v) is 8.14. The van der Waals surface area contributed by atoms with Crippen molar-refractivity contribution < 1.29 is 19.1 Å². The van der Waals surface area contributed by atoms with E-state index in [1.54, 1.807) is 12.1 Å². The molecule has 8 heteroatoms. The third kappa shape index (κ3) is 7.37. The minimum Gasteiger partial charge on any atom is -0.480 e. The van der Waals surface area contributed by atoms with Gasteiger partial charge in [0.2, 0.25) is 5.91 Å². The van der Waals surface area contributed by atoms with E-state index in [4.69, 9.17) is 5.11 Å². The average molecular weight is 374 g/mol. The minimum absolute atomic E-state index is 0. The zero-order valence-electron chi connectivity index (χ0n) is 14.3. The lowest BCUT2D eigenvalue weighted by Gasteiger charge is -2.36. The summed E-state index contributed by atoms with van der Waals surface area (Å²) in [6.07, 6.45) is 2.15. The van der Waals surface area contributed by atoms with Crippen LogP contribution in [0.25, 0.3) is 0 Å². The lowest BCUT2D eigenvalue weighted by Crippen LogP contribution is -2.45. The zero-order chi connectivity index (χ0) is 17.5. The number of halogens is 2. The molecule has 0 aromatic heterocycles. The van der Waals surface area contributed by atoms with Gasteiger partial charge in [-0.05, 0) is 51.2 Å². The van der Waals surface area contributed by atoms with Crippen LogP contribution in [0.3, 0.4) is 0 Å². The normalized spacial score (nSPS) is 15.6. The lowest BCUT2D eigenvalue weighted by atomic mass is 10.0. The van der Waals surface area contributed by atoms with E-state index in [1.165, 1.54) is 12.1 Å². The van der Waals surface area contributed by atoms with Gasteiger partial charge in [0.05, 0.1) is 6.54 Å². The second-order valence-electron chi connectivity index (χ2n) is 6.19. The molecular formula is C17H25ClFN3O3. The van der Waals surface area contributed by atoms with Gasteiger partial charge in [0.15, 0.2) is 0 Å². The summed E-state index contributed by atoms with van der Waals surface area (Å²) in [5.41, 5.74) is 0.467. The first kappa shape index (κ1) is 21.3. The van der Waals surface area contributed by atoms with E-state index in [9.17, 15) is 14.0 Å². The number of carbonyl (C=O) groups excluding carboxylic acids is 1. The van der Waals surface area contributed by atoms with Gasteiger partial charge in [-0.2, -0.15) is 0 Å². The van der Waals surface area contributed by atoms with Crippen molar-refractivity contribution in [1.29, 1.82) is 0 Å². The number of nitrogens with one attached hydrogen (secondary N) is 1. The Balaban J connectivity index is 0.00000312. The summed E-state index contributed by atoms with van der Waals surface area (Å²) < 4.78 is 13.1. The monoisotopic (exact) mass is 373 g/mol. The largest absolute Gasteiger partial charge is 0.480 e. The van der Waals surface area contributed by atoms with E-state index in [1.807, 2.05) is 11.9 Å². The van der Waals surface area contributed by atoms with Crippen molar-refractivity contribution in [1.82, 2.24) is 9.80 Å². The van der Waals surface area contributed by atoms with Crippen LogP contribution in [0, 0.1) is 5.82 Å². The first-order valence-electron chi connectivity index (χ1n) is 8.14. The third-order valence-electron chi connectivity index (χ3n) is 4.33. The molecule has 0 atom stereocenters. The number of carbonyl (C=O) groups is 2. The summed E-state index contributed by atoms with van der Waals surface area (Å²) >= 11 is 0. The molecule has 2 N–H and O–H groups in total. The molecule has 0 radical (unpaired) electrons. The van der Waals surface area contributed by atoms with Crippen LogP contribution in [-0.4, -0.2) is 66.1 Å². The summed E-state index contributed by atoms with van der Waals surface area (Å²) in [6.45, 7) is 2.40. The van der Waals surface area contributed by atoms with Gasteiger partial charge in [-0.3, -0.25) is 14.5 Å². The van der Waals surface area contributed by atoms with Crippen LogP contribution in [0.1, 0.15) is 19.3 Å². The SMILES string of the molecule is CN(CC(=O)O)C1CCN(CCC(=O)Nc2cccc(F)c2)CC1.Cl. The fourth-order valence-corrected chi connectivity index (χ4v) is 2.98. The maximum atomic E-state index is 13.1. The van der Waals surface area contributed by atoms with Crippen molar-refractivity contribution in [3.05, 3.63) is 30.1 Å². The number of likely N-dealkylation sites (N-methyl/N-ethyl adjacent to an activating group) is 1. The summed E-state index contributed by atoms with van der Waals surface area (Å²) in [5, 5.41) is 11.5. The highest BCUT2D eigenvalue weighted by molar-refractivity contribution is 5.90. The van der Waals surface area contributed by atoms with Crippen molar-refractivity contribution in [2.24, 2.45) is 0 Å². The number of carboxylic acids is 1. The Hall–Kier alpha value is -1.70. The molecule has 6 nitrogen and oxygen atoms in total. The van der Waals surface area contributed by atoms with Gasteiger partial charge >= 0.3 is 5.97 Å². The molecule has 0 unspecified atom stereocenters. The van der Waals surface area contributed by atoms with Crippen LogP contribution >= 0.6 is 12.4 Å². The molecular weight excluding hydrogens is 349 g/mol. The van der Waals surface area contributed by atoms with Crippen LogP contribution in [0.4, 0.5) is 10.1 Å². The number of rotatable bonds is 7. The Morgan fingerprint density at radius 1 is 1.36 bits per heavy atom. The van der Waals surface area contributed by atoms with Crippen LogP contribution in [0.15, 0.2) is 24.3 Å². The molecule has 0 spiro atoms. The number of carboxylic acid groups (broad SMARTS) is 1. The second-order valence-corrected chi connectivity index (χ2v) is 6.19. The number of nitrogens with zero attached hydrogens (tertiary/aromatic N) is 2. The number of hydrogen-bond acceptors (Lipinski definition) is 4. The minimum atomic E-state index is -0.811. The van der Waals surface area contributed by atoms with Crippen LogP contribution in [0.5, 0.6) is 0 Å². The Bertz CT molecular complexity index is 580. The Morgan fingerprint density at radius 2 is 2.04 bits per heavy atom. The summed E-state index contributed by atoms with van der Waals surface area (Å²) in [5.74, 6) is -1.32. The van der Waals surface area contributed by atoms with Crippen molar-refractivity contribution in [3.8, 4) is 0 Å². The van der Waals surface area contributed by atoms with E-state index in [0.717, 1.165) is 25.9 Å². The van der Waals surface area contributed by atoms with Crippen LogP contribution in [0.2, 0.25) is 0 Å². The van der Waals surface area contributed by atoms with Gasteiger partial charge in [-0.1, -0.05) is 6.07 Å². The van der Waals surface area contributed by atoms with Crippen molar-refractivity contribution >= 4 is 30.0 Å². The van der Waals surface area contributed by atoms with Gasteiger partial charge in [-0.15, -0.1) is 12.4 Å². The quantitative estimate of drug-likeness (QED) is 0.765. The highest BCUT2D eigenvalue weighted by Gasteiger charge is 2.23. The Morgan fingerprint density at radius 3 is 2.64 bits per heavy atom. The molecule has 1 aromatic rings. The molecule has 2 rings (SSSR count). The van der Waals surface area contributed by atoms with E-state index < -0.39 is 5.97 Å². The highest BCUT2D eigenvalue weighted by atomic mass is 35.5. The lowest BCUT2D eigenvalue weighted by molar-refractivity contribution is -0.138. The predicted octanol–water partition coefficient (Wildman–Crippen LogP) is 2.06. The molecule has 0 saturated carbocycles. The maximum absolute atomic E-state index is 13.1. The highest BCUT2D eigenvalue weighted by Crippen LogP contribution is 2.16. The molecule has 1 fully saturated rings. The standard InChI is InChI=1S/C17H24FN3O3.ClH/c1-20(12-17(23)24)15-5-8-21(9-6-15)10-7-16(22)19-14-4-2-3-13(18)11-14;/h2-4,11,15H,5-10,12H2,1H3,(H,19,22)(H,23,24);1H. The molecule has 1 saturated heterocycles. The zero-order valence-corrected chi connectivity index (χ0v) is 15.1. The van der Waals surface area contributed by atoms with Crippen LogP contribution in [-0.2, 0) is 9.59 Å². The summed E-state index contributed by atoms with van der Waals surface area (Å²) in [4.78, 5) is 26.7. The number of anilines is 1.